The minimum atomic E-state index is 0.458. The second-order valence-corrected chi connectivity index (χ2v) is 4.87. The summed E-state index contributed by atoms with van der Waals surface area (Å²) in [7, 11) is 0. The highest BCUT2D eigenvalue weighted by Crippen LogP contribution is 2.40. The van der Waals surface area contributed by atoms with Gasteiger partial charge in [0.05, 0.1) is 13.2 Å². The molecule has 2 aliphatic heterocycles. The van der Waals surface area contributed by atoms with Gasteiger partial charge in [-0.05, 0) is 18.8 Å². The fourth-order valence-electron chi connectivity index (χ4n) is 2.83. The van der Waals surface area contributed by atoms with Crippen LogP contribution in [0.15, 0.2) is 0 Å². The van der Waals surface area contributed by atoms with Crippen LogP contribution in [0.25, 0.3) is 0 Å². The molecule has 0 aliphatic carbocycles. The first-order valence-electron chi connectivity index (χ1n) is 4.95. The zero-order valence-corrected chi connectivity index (χ0v) is 8.34. The van der Waals surface area contributed by atoms with Crippen molar-refractivity contribution >= 4 is 0 Å². The maximum Gasteiger partial charge on any atom is 0.0627 e. The number of fused-ring (bicyclic) bond motifs is 1. The van der Waals surface area contributed by atoms with Crippen molar-refractivity contribution in [2.24, 2.45) is 5.41 Å². The van der Waals surface area contributed by atoms with Gasteiger partial charge in [0, 0.05) is 18.6 Å². The molecule has 2 nitrogen and oxygen atoms in total. The molecule has 2 fully saturated rings. The minimum Gasteiger partial charge on any atom is -0.378 e. The van der Waals surface area contributed by atoms with Crippen LogP contribution in [0.3, 0.4) is 0 Å². The van der Waals surface area contributed by atoms with Gasteiger partial charge in [-0.15, -0.1) is 0 Å². The third kappa shape index (κ3) is 1.17. The number of rotatable bonds is 0. The first-order chi connectivity index (χ1) is 5.61. The highest BCUT2D eigenvalue weighted by Gasteiger charge is 2.45. The van der Waals surface area contributed by atoms with E-state index in [1.165, 1.54) is 6.42 Å². The van der Waals surface area contributed by atoms with Gasteiger partial charge in [0.15, 0.2) is 0 Å². The Hall–Kier alpha value is -0.0800. The average Bonchev–Trinajstić information content (AvgIpc) is 2.25. The predicted octanol–water partition coefficient (Wildman–Crippen LogP) is 1.51. The summed E-state index contributed by atoms with van der Waals surface area (Å²) in [6, 6.07) is 1.43. The lowest BCUT2D eigenvalue weighted by Gasteiger charge is -2.37. The molecule has 0 N–H and O–H groups in total. The Balaban J connectivity index is 2.16. The van der Waals surface area contributed by atoms with Gasteiger partial charge < -0.3 is 4.74 Å². The van der Waals surface area contributed by atoms with Crippen molar-refractivity contribution < 1.29 is 4.74 Å². The molecule has 2 heteroatoms. The summed E-state index contributed by atoms with van der Waals surface area (Å²) < 4.78 is 5.53. The molecule has 0 aromatic heterocycles. The van der Waals surface area contributed by atoms with E-state index in [9.17, 15) is 0 Å². The Bertz CT molecular complexity index is 179. The average molecular weight is 169 g/mol. The summed E-state index contributed by atoms with van der Waals surface area (Å²) in [5, 5.41) is 0. The lowest BCUT2D eigenvalue weighted by molar-refractivity contribution is -0.0231. The Labute approximate surface area is 74.9 Å². The molecule has 2 heterocycles. The van der Waals surface area contributed by atoms with E-state index in [0.29, 0.717) is 11.5 Å². The first-order valence-corrected chi connectivity index (χ1v) is 4.95. The smallest absolute Gasteiger partial charge is 0.0627 e. The van der Waals surface area contributed by atoms with E-state index >= 15 is 0 Å². The molecular weight excluding hydrogens is 150 g/mol. The van der Waals surface area contributed by atoms with Gasteiger partial charge in [-0.2, -0.15) is 0 Å². The molecule has 0 bridgehead atoms. The molecule has 0 amide bonds. The van der Waals surface area contributed by atoms with Crippen molar-refractivity contribution in [1.82, 2.24) is 4.90 Å². The highest BCUT2D eigenvalue weighted by molar-refractivity contribution is 4.98. The SMILES string of the molecule is C[C@@H]1CC(C)(C)C2COCCN21. The fourth-order valence-corrected chi connectivity index (χ4v) is 2.83. The van der Waals surface area contributed by atoms with Crippen molar-refractivity contribution in [1.29, 1.82) is 0 Å². The topological polar surface area (TPSA) is 12.5 Å². The minimum absolute atomic E-state index is 0.458. The van der Waals surface area contributed by atoms with Gasteiger partial charge >= 0.3 is 0 Å². The quantitative estimate of drug-likeness (QED) is 0.545. The maximum atomic E-state index is 5.53. The van der Waals surface area contributed by atoms with E-state index < -0.39 is 0 Å². The van der Waals surface area contributed by atoms with Gasteiger partial charge in [0.1, 0.15) is 0 Å². The molecule has 0 aromatic carbocycles. The van der Waals surface area contributed by atoms with Crippen LogP contribution >= 0.6 is 0 Å². The van der Waals surface area contributed by atoms with Gasteiger partial charge in [0.2, 0.25) is 0 Å². The third-order valence-corrected chi connectivity index (χ3v) is 3.46. The fraction of sp³-hybridized carbons (Fsp3) is 1.00. The second-order valence-electron chi connectivity index (χ2n) is 4.87. The van der Waals surface area contributed by atoms with Crippen molar-refractivity contribution in [3.63, 3.8) is 0 Å². The molecule has 12 heavy (non-hydrogen) atoms. The molecule has 2 aliphatic rings. The lowest BCUT2D eigenvalue weighted by Crippen LogP contribution is -2.47. The van der Waals surface area contributed by atoms with Crippen LogP contribution < -0.4 is 0 Å². The molecule has 0 aromatic rings. The normalized spacial score (nSPS) is 41.2. The summed E-state index contributed by atoms with van der Waals surface area (Å²) in [4.78, 5) is 2.61. The third-order valence-electron chi connectivity index (χ3n) is 3.46. The van der Waals surface area contributed by atoms with Gasteiger partial charge in [0.25, 0.3) is 0 Å². The monoisotopic (exact) mass is 169 g/mol. The molecule has 2 atom stereocenters. The van der Waals surface area contributed by atoms with E-state index in [2.05, 4.69) is 25.7 Å². The summed E-state index contributed by atoms with van der Waals surface area (Å²) >= 11 is 0. The Morgan fingerprint density at radius 3 is 2.83 bits per heavy atom. The number of hydrogen-bond acceptors (Lipinski definition) is 2. The molecule has 0 saturated carbocycles. The standard InChI is InChI=1S/C10H19NO/c1-8-6-10(2,3)9-7-12-5-4-11(8)9/h8-9H,4-7H2,1-3H3/t8-,9?/m1/s1. The largest absolute Gasteiger partial charge is 0.378 e. The highest BCUT2D eigenvalue weighted by atomic mass is 16.5. The van der Waals surface area contributed by atoms with E-state index in [0.717, 1.165) is 25.8 Å². The van der Waals surface area contributed by atoms with E-state index in [4.69, 9.17) is 4.74 Å². The van der Waals surface area contributed by atoms with E-state index in [-0.39, 0.29) is 0 Å². The molecule has 1 unspecified atom stereocenters. The Morgan fingerprint density at radius 1 is 1.42 bits per heavy atom. The van der Waals surface area contributed by atoms with E-state index in [1.54, 1.807) is 0 Å². The summed E-state index contributed by atoms with van der Waals surface area (Å²) in [5.74, 6) is 0. The van der Waals surface area contributed by atoms with Crippen molar-refractivity contribution in [3.8, 4) is 0 Å². The summed E-state index contributed by atoms with van der Waals surface area (Å²) in [6.07, 6.45) is 1.32. The van der Waals surface area contributed by atoms with Gasteiger partial charge in [-0.1, -0.05) is 13.8 Å². The summed E-state index contributed by atoms with van der Waals surface area (Å²) in [6.45, 7) is 10.1. The first kappa shape index (κ1) is 8.52. The van der Waals surface area contributed by atoms with Gasteiger partial charge in [-0.3, -0.25) is 4.90 Å². The molecule has 2 rings (SSSR count). The van der Waals surface area contributed by atoms with Crippen LogP contribution in [0.1, 0.15) is 27.2 Å². The molecule has 70 valence electrons. The van der Waals surface area contributed by atoms with Crippen LogP contribution in [0.2, 0.25) is 0 Å². The van der Waals surface area contributed by atoms with Crippen LogP contribution in [0.4, 0.5) is 0 Å². The van der Waals surface area contributed by atoms with Crippen LogP contribution in [0.5, 0.6) is 0 Å². The second kappa shape index (κ2) is 2.71. The Kier molecular flexibility index (Phi) is 1.92. The molecular formula is C10H19NO. The maximum absolute atomic E-state index is 5.53. The zero-order valence-electron chi connectivity index (χ0n) is 8.34. The molecule has 0 radical (unpaired) electrons. The van der Waals surface area contributed by atoms with Crippen molar-refractivity contribution in [2.45, 2.75) is 39.3 Å². The molecule has 0 spiro atoms. The van der Waals surface area contributed by atoms with Crippen LogP contribution in [0, 0.1) is 5.41 Å². The van der Waals surface area contributed by atoms with Gasteiger partial charge in [-0.25, -0.2) is 0 Å². The number of morpholine rings is 1. The van der Waals surface area contributed by atoms with Crippen LogP contribution in [-0.4, -0.2) is 36.7 Å². The van der Waals surface area contributed by atoms with Crippen LogP contribution in [-0.2, 0) is 4.74 Å². The summed E-state index contributed by atoms with van der Waals surface area (Å²) in [5.41, 5.74) is 0.458. The zero-order chi connectivity index (χ0) is 8.77. The van der Waals surface area contributed by atoms with E-state index in [1.807, 2.05) is 0 Å². The Morgan fingerprint density at radius 2 is 2.17 bits per heavy atom. The predicted molar refractivity (Wildman–Crippen MR) is 49.2 cm³/mol. The number of ether oxygens (including phenoxy) is 1. The number of hydrogen-bond donors (Lipinski definition) is 0. The van der Waals surface area contributed by atoms with Crippen molar-refractivity contribution in [2.75, 3.05) is 19.8 Å². The molecule has 2 saturated heterocycles. The lowest BCUT2D eigenvalue weighted by atomic mass is 9.84. The number of nitrogens with zero attached hydrogens (tertiary/aromatic N) is 1. The van der Waals surface area contributed by atoms with Crippen molar-refractivity contribution in [3.05, 3.63) is 0 Å².